The number of halogens is 3. The number of para-hydroxylation sites is 1. The second kappa shape index (κ2) is 16.8. The van der Waals surface area contributed by atoms with Gasteiger partial charge in [-0.05, 0) is 88.5 Å². The number of hydrogen-bond acceptors (Lipinski definition) is 11. The van der Waals surface area contributed by atoms with Crippen molar-refractivity contribution >= 4 is 55.9 Å². The van der Waals surface area contributed by atoms with Gasteiger partial charge in [0.25, 0.3) is 11.8 Å². The van der Waals surface area contributed by atoms with Crippen molar-refractivity contribution in [2.75, 3.05) is 6.54 Å². The van der Waals surface area contributed by atoms with Crippen LogP contribution in [0.4, 0.5) is 18.0 Å². The third-order valence-electron chi connectivity index (χ3n) is 12.6. The highest BCUT2D eigenvalue weighted by Gasteiger charge is 2.62. The van der Waals surface area contributed by atoms with Crippen LogP contribution in [-0.4, -0.2) is 88.7 Å². The summed E-state index contributed by atoms with van der Waals surface area (Å²) in [5, 5.41) is 5.50. The van der Waals surface area contributed by atoms with Crippen LogP contribution in [0.5, 0.6) is 5.88 Å². The molecule has 5 unspecified atom stereocenters. The van der Waals surface area contributed by atoms with E-state index in [2.05, 4.69) is 25.3 Å². The topological polar surface area (TPSA) is 199 Å². The molecule has 2 aromatic heterocycles. The molecule has 5 atom stereocenters. The zero-order valence-corrected chi connectivity index (χ0v) is 35.0. The maximum Gasteiger partial charge on any atom is 0.416 e. The number of furan rings is 1. The lowest BCUT2D eigenvalue weighted by molar-refractivity contribution is -0.141. The molecule has 15 nitrogen and oxygen atoms in total. The Hall–Kier alpha value is -5.72. The van der Waals surface area contributed by atoms with E-state index in [4.69, 9.17) is 13.9 Å². The molecular weight excluding hydrogens is 846 g/mol. The van der Waals surface area contributed by atoms with Crippen LogP contribution < -0.4 is 20.1 Å². The predicted molar refractivity (Wildman–Crippen MR) is 221 cm³/mol. The zero-order valence-electron chi connectivity index (χ0n) is 34.2. The van der Waals surface area contributed by atoms with Gasteiger partial charge in [-0.15, -0.1) is 0 Å². The monoisotopic (exact) mass is 892 g/mol. The Bertz CT molecular complexity index is 2570. The number of rotatable bonds is 8. The number of carbonyl (C=O) groups excluding carboxylic acids is 4. The minimum absolute atomic E-state index is 0.0337. The number of ether oxygens (including phenoxy) is 2. The Morgan fingerprint density at radius 1 is 0.921 bits per heavy atom. The highest BCUT2D eigenvalue weighted by atomic mass is 32.2. The van der Waals surface area contributed by atoms with Gasteiger partial charge in [0.05, 0.1) is 17.4 Å². The second-order valence-electron chi connectivity index (χ2n) is 17.2. The van der Waals surface area contributed by atoms with Crippen LogP contribution in [0, 0.1) is 5.92 Å². The number of benzene rings is 2. The molecule has 5 aliphatic rings. The maximum absolute atomic E-state index is 14.7. The molecule has 3 aliphatic carbocycles. The molecule has 63 heavy (non-hydrogen) atoms. The lowest BCUT2D eigenvalue weighted by atomic mass is 10.0. The molecule has 334 valence electrons. The Labute approximate surface area is 360 Å². The predicted octanol–water partition coefficient (Wildman–Crippen LogP) is 6.45. The van der Waals surface area contributed by atoms with Gasteiger partial charge in [-0.1, -0.05) is 49.3 Å². The fourth-order valence-corrected chi connectivity index (χ4v) is 10.3. The van der Waals surface area contributed by atoms with Gasteiger partial charge in [0.15, 0.2) is 5.82 Å². The zero-order chi connectivity index (χ0) is 44.1. The summed E-state index contributed by atoms with van der Waals surface area (Å²) in [4.78, 5) is 67.0. The van der Waals surface area contributed by atoms with E-state index in [1.807, 2.05) is 12.2 Å². The Morgan fingerprint density at radius 2 is 1.67 bits per heavy atom. The summed E-state index contributed by atoms with van der Waals surface area (Å²) in [7, 11) is -3.97. The Kier molecular flexibility index (Phi) is 11.3. The lowest BCUT2D eigenvalue weighted by Gasteiger charge is -2.30. The van der Waals surface area contributed by atoms with Crippen LogP contribution in [0.3, 0.4) is 0 Å². The van der Waals surface area contributed by atoms with E-state index in [1.54, 1.807) is 24.3 Å². The van der Waals surface area contributed by atoms with Crippen molar-refractivity contribution in [2.45, 2.75) is 125 Å². The summed E-state index contributed by atoms with van der Waals surface area (Å²) < 4.78 is 86.9. The molecule has 4 aromatic rings. The molecule has 3 saturated carbocycles. The van der Waals surface area contributed by atoms with Crippen molar-refractivity contribution in [3.05, 3.63) is 66.2 Å². The van der Waals surface area contributed by atoms with Crippen LogP contribution in [-0.2, 0) is 35.3 Å². The smallest absolute Gasteiger partial charge is 0.416 e. The molecule has 4 heterocycles. The van der Waals surface area contributed by atoms with Gasteiger partial charge in [-0.2, -0.15) is 18.2 Å². The maximum atomic E-state index is 14.7. The molecule has 0 spiro atoms. The number of aromatic nitrogens is 2. The molecule has 19 heteroatoms. The number of alkyl halides is 3. The lowest BCUT2D eigenvalue weighted by Crippen LogP contribution is -2.58. The fraction of sp³-hybridized carbons (Fsp3) is 0.500. The first kappa shape index (κ1) is 42.6. The molecule has 3 N–H and O–H groups in total. The number of alkyl carbamates (subject to hydrolysis) is 1. The normalized spacial score (nSPS) is 26.6. The standard InChI is InChI=1S/C44H47F3N6O9S/c45-44(46,47)26-18-16-25(17-19-26)37-49-35-31-13-8-9-15-34(31)62-36(35)39(50-37)60-29-22-33-38(54)51-43(41(56)52-63(58,59)30-20-21-30)23-27(43)10-4-2-1-3-5-14-32(40(55)53(33)24-29)48-42(57)61-28-11-6-7-12-28/h4,8-10,13,15-19,27-30,32-33H,1-3,5-7,11-12,14,20-24H2,(H,48,57)(H,51,54)(H,52,56)/b10-4-. The second-order valence-corrected chi connectivity index (χ2v) is 19.2. The minimum Gasteiger partial charge on any atom is -0.470 e. The number of nitrogens with one attached hydrogen (secondary N) is 3. The van der Waals surface area contributed by atoms with Crippen molar-refractivity contribution in [2.24, 2.45) is 5.92 Å². The van der Waals surface area contributed by atoms with Gasteiger partial charge in [0.1, 0.15) is 40.9 Å². The van der Waals surface area contributed by atoms with Crippen LogP contribution in [0.25, 0.3) is 33.5 Å². The highest BCUT2D eigenvalue weighted by molar-refractivity contribution is 7.91. The first-order valence-electron chi connectivity index (χ1n) is 21.5. The SMILES string of the molecule is O=C(NC1CCCCC/C=C\C2CC2(C(=O)NS(=O)(=O)C2CC2)NC(=O)C2CC(Oc3nc(-c4ccc(C(F)(F)F)cc4)nc4c3oc3ccccc34)CN2C1=O)OC1CCCC1. The number of carbonyl (C=O) groups is 4. The molecular formula is C44H47F3N6O9S. The molecule has 2 aromatic carbocycles. The van der Waals surface area contributed by atoms with Gasteiger partial charge in [-0.3, -0.25) is 19.1 Å². The van der Waals surface area contributed by atoms with Gasteiger partial charge in [0, 0.05) is 23.3 Å². The average molecular weight is 893 g/mol. The quantitative estimate of drug-likeness (QED) is 0.164. The molecule has 4 fully saturated rings. The average Bonchev–Trinajstić information content (AvgIpc) is 4.06. The third-order valence-corrected chi connectivity index (χ3v) is 14.5. The van der Waals surface area contributed by atoms with Crippen LogP contribution in [0.15, 0.2) is 65.1 Å². The van der Waals surface area contributed by atoms with Gasteiger partial charge in [0.2, 0.25) is 27.4 Å². The first-order valence-corrected chi connectivity index (χ1v) is 23.1. The molecule has 9 rings (SSSR count). The van der Waals surface area contributed by atoms with Crippen LogP contribution >= 0.6 is 0 Å². The van der Waals surface area contributed by atoms with E-state index < -0.39 is 80.5 Å². The Balaban J connectivity index is 1.05. The van der Waals surface area contributed by atoms with E-state index in [0.717, 1.165) is 31.4 Å². The summed E-state index contributed by atoms with van der Waals surface area (Å²) in [6, 6.07) is 8.99. The van der Waals surface area contributed by atoms with Crippen LogP contribution in [0.2, 0.25) is 0 Å². The van der Waals surface area contributed by atoms with Crippen molar-refractivity contribution in [1.29, 1.82) is 0 Å². The Morgan fingerprint density at radius 3 is 2.41 bits per heavy atom. The fourth-order valence-electron chi connectivity index (χ4n) is 8.92. The largest absolute Gasteiger partial charge is 0.470 e. The third kappa shape index (κ3) is 8.93. The summed E-state index contributed by atoms with van der Waals surface area (Å²) in [5.74, 6) is -2.73. The number of hydrogen-bond donors (Lipinski definition) is 3. The van der Waals surface area contributed by atoms with Crippen molar-refractivity contribution < 1.29 is 54.7 Å². The highest BCUT2D eigenvalue weighted by Crippen LogP contribution is 2.46. The molecule has 0 radical (unpaired) electrons. The summed E-state index contributed by atoms with van der Waals surface area (Å²) in [5.41, 5.74) is -1.32. The van der Waals surface area contributed by atoms with Gasteiger partial charge < -0.3 is 29.4 Å². The molecule has 2 aliphatic heterocycles. The number of nitrogens with zero attached hydrogens (tertiary/aromatic N) is 3. The van der Waals surface area contributed by atoms with Gasteiger partial charge in [-0.25, -0.2) is 18.2 Å². The molecule has 1 saturated heterocycles. The minimum atomic E-state index is -4.57. The number of fused-ring (bicyclic) bond motifs is 5. The van der Waals surface area contributed by atoms with Crippen molar-refractivity contribution in [3.8, 4) is 17.3 Å². The number of amides is 4. The van der Waals surface area contributed by atoms with E-state index in [-0.39, 0.29) is 54.8 Å². The van der Waals surface area contributed by atoms with E-state index in [9.17, 15) is 40.8 Å². The van der Waals surface area contributed by atoms with E-state index >= 15 is 0 Å². The first-order chi connectivity index (χ1) is 30.2. The summed E-state index contributed by atoms with van der Waals surface area (Å²) >= 11 is 0. The number of sulfonamides is 1. The van der Waals surface area contributed by atoms with E-state index in [0.29, 0.717) is 61.4 Å². The summed E-state index contributed by atoms with van der Waals surface area (Å²) in [6.45, 7) is -0.188. The van der Waals surface area contributed by atoms with Crippen molar-refractivity contribution in [3.63, 3.8) is 0 Å². The van der Waals surface area contributed by atoms with Crippen molar-refractivity contribution in [1.82, 2.24) is 30.2 Å². The van der Waals surface area contributed by atoms with E-state index in [1.165, 1.54) is 17.0 Å². The molecule has 4 amide bonds. The molecule has 0 bridgehead atoms. The number of allylic oxidation sites excluding steroid dienone is 1. The summed E-state index contributed by atoms with van der Waals surface area (Å²) in [6.07, 6.45) is 4.23. The van der Waals surface area contributed by atoms with Gasteiger partial charge >= 0.3 is 12.3 Å². The van der Waals surface area contributed by atoms with Crippen LogP contribution in [0.1, 0.15) is 89.0 Å².